The van der Waals surface area contributed by atoms with Crippen LogP contribution in [0.25, 0.3) is 22.3 Å². The van der Waals surface area contributed by atoms with Crippen molar-refractivity contribution in [1.29, 1.82) is 5.59 Å². The molecule has 2 unspecified atom stereocenters. The molecule has 2 aliphatic carbocycles. The van der Waals surface area contributed by atoms with Gasteiger partial charge in [0.15, 0.2) is 17.1 Å². The standard InChI is InChI=1S/C35H49N5O4.C25H34N6O3.CH4.ClH.HNO/c41-30(31-15-7-10-22-43-31)14-6-1-2-9-21-42-28-19-17-27(18-20-28)38-32-24-29(37-26-12-4-3-5-13-26)34-35(39-32)40(25-36-34)33-16-8-11-23-44-33;26-34-23(32)10-6-1-2-7-15-33-20-13-11-19(12-14-20)30-22-16-21(24-25(31-22)28-17-27-24)29-18-8-4-3-5-9-18;;;1-2/h17-20,24-26,31,33H,1-16,21-23H2,(H2,37,38,39);11-14,16-18H,1-10,15,26H2,(H3,27,28,29,30,31);1H4;1H;1H. The highest BCUT2D eigenvalue weighted by Crippen LogP contribution is 2.34. The van der Waals surface area contributed by atoms with Gasteiger partial charge in [-0.25, -0.2) is 19.9 Å². The van der Waals surface area contributed by atoms with Gasteiger partial charge >= 0.3 is 5.97 Å². The van der Waals surface area contributed by atoms with E-state index in [9.17, 15) is 9.59 Å². The van der Waals surface area contributed by atoms with Crippen molar-refractivity contribution in [3.63, 3.8) is 0 Å². The Labute approximate surface area is 489 Å². The average molecular weight is 1150 g/mol. The molecule has 6 heterocycles. The van der Waals surface area contributed by atoms with Gasteiger partial charge in [-0.15, -0.1) is 12.4 Å². The first kappa shape index (κ1) is 64.6. The molecule has 10 rings (SSSR count). The molecule has 4 aliphatic rings. The predicted molar refractivity (Wildman–Crippen MR) is 327 cm³/mol. The number of ketones is 1. The highest BCUT2D eigenvalue weighted by Gasteiger charge is 2.24. The zero-order chi connectivity index (χ0) is 55.6. The lowest BCUT2D eigenvalue weighted by molar-refractivity contribution is -0.144. The van der Waals surface area contributed by atoms with Crippen molar-refractivity contribution >= 4 is 80.9 Å². The number of benzene rings is 2. The fourth-order valence-electron chi connectivity index (χ4n) is 11.0. The molecule has 4 fully saturated rings. The van der Waals surface area contributed by atoms with E-state index in [2.05, 4.69) is 57.3 Å². The molecule has 2 saturated carbocycles. The lowest BCUT2D eigenvalue weighted by Crippen LogP contribution is -2.27. The maximum atomic E-state index is 12.3. The molecule has 2 saturated heterocycles. The van der Waals surface area contributed by atoms with E-state index in [-0.39, 0.29) is 43.9 Å². The summed E-state index contributed by atoms with van der Waals surface area (Å²) in [6, 6.07) is 21.1. The van der Waals surface area contributed by atoms with Crippen LogP contribution >= 0.6 is 12.4 Å². The van der Waals surface area contributed by atoms with Gasteiger partial charge < -0.3 is 50.0 Å². The Hall–Kier alpha value is -6.61. The van der Waals surface area contributed by atoms with Gasteiger partial charge in [0.1, 0.15) is 46.5 Å². The van der Waals surface area contributed by atoms with Crippen LogP contribution in [-0.2, 0) is 23.9 Å². The molecule has 2 atom stereocenters. The fourth-order valence-corrected chi connectivity index (χ4v) is 11.0. The first-order valence-electron chi connectivity index (χ1n) is 29.5. The van der Waals surface area contributed by atoms with Crippen LogP contribution in [0.4, 0.5) is 34.4 Å². The van der Waals surface area contributed by atoms with Crippen molar-refractivity contribution in [3.8, 4) is 11.5 Å². The Balaban J connectivity index is 0.000000258. The average Bonchev–Trinajstić information content (AvgIpc) is 4.39. The van der Waals surface area contributed by atoms with Crippen LogP contribution in [-0.4, -0.2) is 85.9 Å². The summed E-state index contributed by atoms with van der Waals surface area (Å²) < 4.78 is 25.6. The number of nitrogens with one attached hydrogen (secondary N) is 6. The lowest BCUT2D eigenvalue weighted by atomic mass is 9.95. The van der Waals surface area contributed by atoms with E-state index in [1.807, 2.05) is 60.9 Å². The molecule has 0 spiro atoms. The number of pyridine rings is 2. The Morgan fingerprint density at radius 3 is 1.74 bits per heavy atom. The van der Waals surface area contributed by atoms with E-state index in [1.54, 1.807) is 6.33 Å². The maximum Gasteiger partial charge on any atom is 0.324 e. The third-order valence-corrected chi connectivity index (χ3v) is 15.4. The molecule has 6 aromatic rings. The number of rotatable bonds is 26. The van der Waals surface area contributed by atoms with E-state index < -0.39 is 0 Å². The number of fused-ring (bicyclic) bond motifs is 2. The van der Waals surface area contributed by atoms with Crippen molar-refractivity contribution < 1.29 is 33.4 Å². The van der Waals surface area contributed by atoms with Crippen molar-refractivity contribution in [2.45, 2.75) is 199 Å². The zero-order valence-electron chi connectivity index (χ0n) is 46.9. The summed E-state index contributed by atoms with van der Waals surface area (Å²) in [5, 5.41) is 14.4. The summed E-state index contributed by atoms with van der Waals surface area (Å²) in [6.45, 7) is 2.83. The number of ether oxygens (including phenoxy) is 4. The second-order valence-electron chi connectivity index (χ2n) is 21.5. The van der Waals surface area contributed by atoms with Gasteiger partial charge in [0, 0.05) is 61.6 Å². The first-order valence-corrected chi connectivity index (χ1v) is 29.5. The van der Waals surface area contributed by atoms with E-state index in [0.717, 1.165) is 166 Å². The number of carbonyl (C=O) groups excluding carboxylic acids is 2. The summed E-state index contributed by atoms with van der Waals surface area (Å²) in [5.74, 6) is 7.98. The highest BCUT2D eigenvalue weighted by atomic mass is 35.5. The second kappa shape index (κ2) is 35.4. The molecule has 0 bridgehead atoms. The summed E-state index contributed by atoms with van der Waals surface area (Å²) in [7, 11) is 0. The number of unbranched alkanes of at least 4 members (excludes halogenated alkanes) is 6. The van der Waals surface area contributed by atoms with Gasteiger partial charge in [-0.3, -0.25) is 14.2 Å². The van der Waals surface area contributed by atoms with E-state index in [4.69, 9.17) is 39.7 Å². The SMILES string of the molecule is C.Cl.N=O.NOC(=O)CCCCCCOc1ccc(Nc2cc(NC3CCCCC3)c3[nH]cnc3n2)cc1.O=C(CCCCCCOc1ccc(Nc2cc(NC3CCCCC3)c3ncn(C4CCCCO4)c3n2)cc1)C1CCCCO1. The Kier molecular flexibility index (Phi) is 27.9. The van der Waals surface area contributed by atoms with Crippen LogP contribution in [0.5, 0.6) is 11.5 Å². The molecule has 4 aromatic heterocycles. The summed E-state index contributed by atoms with van der Waals surface area (Å²) >= 11 is 0. The Morgan fingerprint density at radius 1 is 0.634 bits per heavy atom. The number of nitroso groups, excluding NO2 is 1. The minimum absolute atomic E-state index is 0. The summed E-state index contributed by atoms with van der Waals surface area (Å²) in [4.78, 5) is 56.9. The van der Waals surface area contributed by atoms with E-state index in [0.29, 0.717) is 43.8 Å². The third kappa shape index (κ3) is 20.1. The molecule has 2 aromatic carbocycles. The predicted octanol–water partition coefficient (Wildman–Crippen LogP) is 14.7. The monoisotopic (exact) mass is 1150 g/mol. The molecular formula is C61H89ClN12O8. The van der Waals surface area contributed by atoms with Crippen molar-refractivity contribution in [3.05, 3.63) is 78.2 Å². The van der Waals surface area contributed by atoms with Crippen molar-refractivity contribution in [2.75, 3.05) is 47.7 Å². The number of carbonyl (C=O) groups is 2. The van der Waals surface area contributed by atoms with Crippen LogP contribution in [0.2, 0.25) is 0 Å². The minimum atomic E-state index is -0.360. The number of anilines is 6. The van der Waals surface area contributed by atoms with Gasteiger partial charge in [-0.1, -0.05) is 77.2 Å². The molecular weight excluding hydrogens is 1060 g/mol. The number of halogens is 1. The molecule has 82 heavy (non-hydrogen) atoms. The molecule has 0 radical (unpaired) electrons. The zero-order valence-corrected chi connectivity index (χ0v) is 47.8. The van der Waals surface area contributed by atoms with Gasteiger partial charge in [0.25, 0.3) is 0 Å². The van der Waals surface area contributed by atoms with Crippen LogP contribution in [0.1, 0.15) is 181 Å². The number of hydrogen-bond donors (Lipinski definition) is 7. The van der Waals surface area contributed by atoms with E-state index >= 15 is 0 Å². The van der Waals surface area contributed by atoms with Gasteiger partial charge in [-0.05, 0) is 138 Å². The number of H-pyrrole nitrogens is 1. The minimum Gasteiger partial charge on any atom is -0.494 e. The Morgan fingerprint density at radius 2 is 1.17 bits per heavy atom. The number of nitrogens with two attached hydrogens (primary N) is 1. The smallest absolute Gasteiger partial charge is 0.324 e. The number of Topliss-reactive ketones (excluding diaryl/α,β-unsaturated/α-hetero) is 1. The fraction of sp³-hybridized carbons (Fsp3) is 0.574. The van der Waals surface area contributed by atoms with Crippen LogP contribution in [0, 0.1) is 10.5 Å². The number of nitrogens with zero attached hydrogens (tertiary/aromatic N) is 5. The van der Waals surface area contributed by atoms with Crippen molar-refractivity contribution in [1.82, 2.24) is 29.5 Å². The lowest BCUT2D eigenvalue weighted by Gasteiger charge is -2.25. The molecule has 2 aliphatic heterocycles. The molecule has 21 heteroatoms. The number of aromatic amines is 1. The molecule has 0 amide bonds. The number of hydrogen-bond acceptors (Lipinski definition) is 18. The van der Waals surface area contributed by atoms with Gasteiger partial charge in [0.05, 0.1) is 37.2 Å². The molecule has 448 valence electrons. The first-order chi connectivity index (χ1) is 39.4. The van der Waals surface area contributed by atoms with E-state index in [1.165, 1.54) is 64.2 Å². The quantitative estimate of drug-likeness (QED) is 0.0151. The van der Waals surface area contributed by atoms with Crippen LogP contribution in [0.15, 0.2) is 73.3 Å². The van der Waals surface area contributed by atoms with Crippen LogP contribution in [0.3, 0.4) is 0 Å². The molecule has 20 nitrogen and oxygen atoms in total. The van der Waals surface area contributed by atoms with Gasteiger partial charge in [-0.2, -0.15) is 10.8 Å². The topological polar surface area (TPSA) is 268 Å². The third-order valence-electron chi connectivity index (χ3n) is 15.4. The van der Waals surface area contributed by atoms with Crippen molar-refractivity contribution in [2.24, 2.45) is 5.90 Å². The largest absolute Gasteiger partial charge is 0.494 e. The number of imidazole rings is 2. The molecule has 8 N–H and O–H groups in total. The summed E-state index contributed by atoms with van der Waals surface area (Å²) in [5.41, 5.74) is 11.9. The normalized spacial score (nSPS) is 17.3. The Bertz CT molecular complexity index is 2780. The number of aromatic nitrogens is 6. The summed E-state index contributed by atoms with van der Waals surface area (Å²) in [6.07, 6.45) is 31.0. The highest BCUT2D eigenvalue weighted by molar-refractivity contribution is 5.89. The maximum absolute atomic E-state index is 12.3. The second-order valence-corrected chi connectivity index (χ2v) is 21.5. The van der Waals surface area contributed by atoms with Gasteiger partial charge in [0.2, 0.25) is 0 Å². The van der Waals surface area contributed by atoms with Crippen LogP contribution < -0.4 is 36.6 Å².